The smallest absolute Gasteiger partial charge is 0.262 e. The van der Waals surface area contributed by atoms with E-state index >= 15 is 0 Å². The normalized spacial score (nSPS) is 16.3. The van der Waals surface area contributed by atoms with E-state index in [1.54, 1.807) is 37.3 Å². The second-order valence-electron chi connectivity index (χ2n) is 9.13. The van der Waals surface area contributed by atoms with Crippen molar-refractivity contribution in [2.24, 2.45) is 7.05 Å². The number of methoxy groups -OCH3 is 2. The van der Waals surface area contributed by atoms with E-state index in [1.165, 1.54) is 6.42 Å². The van der Waals surface area contributed by atoms with Crippen molar-refractivity contribution in [1.82, 2.24) is 14.4 Å². The van der Waals surface area contributed by atoms with Gasteiger partial charge in [-0.25, -0.2) is 0 Å². The first-order valence-corrected chi connectivity index (χ1v) is 11.9. The summed E-state index contributed by atoms with van der Waals surface area (Å²) in [6.07, 6.45) is 9.18. The molecule has 0 radical (unpaired) electrons. The summed E-state index contributed by atoms with van der Waals surface area (Å²) in [5.74, 6) is 0.747. The number of aromatic nitrogens is 1. The Bertz CT molecular complexity index is 953. The number of aryl methyl sites for hydroxylation is 1. The number of carbonyl (C=O) groups excluding carboxylic acids is 2. The second kappa shape index (κ2) is 10.3. The zero-order chi connectivity index (χ0) is 23.4. The van der Waals surface area contributed by atoms with E-state index in [4.69, 9.17) is 9.47 Å². The van der Waals surface area contributed by atoms with Gasteiger partial charge in [-0.2, -0.15) is 0 Å². The van der Waals surface area contributed by atoms with Crippen LogP contribution in [0.4, 0.5) is 0 Å². The van der Waals surface area contributed by atoms with Crippen molar-refractivity contribution in [3.05, 3.63) is 47.8 Å². The Morgan fingerprint density at radius 2 is 1.55 bits per heavy atom. The number of hydrogen-bond donors (Lipinski definition) is 0. The van der Waals surface area contributed by atoms with Crippen LogP contribution in [-0.4, -0.2) is 59.0 Å². The first kappa shape index (κ1) is 23.2. The third-order valence-electron chi connectivity index (χ3n) is 6.92. The highest BCUT2D eigenvalue weighted by Gasteiger charge is 2.37. The van der Waals surface area contributed by atoms with Crippen LogP contribution in [0.5, 0.6) is 11.5 Å². The van der Waals surface area contributed by atoms with E-state index in [-0.39, 0.29) is 30.4 Å². The van der Waals surface area contributed by atoms with Gasteiger partial charge in [0.2, 0.25) is 5.91 Å². The van der Waals surface area contributed by atoms with Crippen LogP contribution in [0.3, 0.4) is 0 Å². The molecule has 0 unspecified atom stereocenters. The largest absolute Gasteiger partial charge is 0.496 e. The van der Waals surface area contributed by atoms with Crippen molar-refractivity contribution in [3.8, 4) is 11.5 Å². The number of benzene rings is 1. The average Bonchev–Trinajstić information content (AvgIpc) is 3.61. The van der Waals surface area contributed by atoms with Gasteiger partial charge in [0.15, 0.2) is 0 Å². The lowest BCUT2D eigenvalue weighted by Crippen LogP contribution is -2.48. The highest BCUT2D eigenvalue weighted by molar-refractivity contribution is 6.01. The third kappa shape index (κ3) is 5.18. The number of amides is 2. The predicted molar refractivity (Wildman–Crippen MR) is 126 cm³/mol. The molecule has 2 aromatic rings. The fraction of sp³-hybridized carbons (Fsp3) is 0.538. The van der Waals surface area contributed by atoms with Crippen molar-refractivity contribution in [2.45, 2.75) is 63.6 Å². The van der Waals surface area contributed by atoms with E-state index in [0.29, 0.717) is 23.6 Å². The van der Waals surface area contributed by atoms with E-state index in [1.807, 2.05) is 34.8 Å². The Labute approximate surface area is 196 Å². The molecule has 2 aliphatic carbocycles. The molecular formula is C26H35N3O4. The van der Waals surface area contributed by atoms with Gasteiger partial charge in [-0.1, -0.05) is 25.3 Å². The maximum absolute atomic E-state index is 13.9. The quantitative estimate of drug-likeness (QED) is 0.576. The molecular weight excluding hydrogens is 418 g/mol. The Hall–Kier alpha value is -2.96. The van der Waals surface area contributed by atoms with E-state index in [0.717, 1.165) is 44.2 Å². The molecule has 1 aromatic carbocycles. The van der Waals surface area contributed by atoms with Gasteiger partial charge in [-0.3, -0.25) is 9.59 Å². The van der Waals surface area contributed by atoms with Gasteiger partial charge < -0.3 is 23.8 Å². The third-order valence-corrected chi connectivity index (χ3v) is 6.92. The molecule has 2 aliphatic rings. The minimum absolute atomic E-state index is 0.00601. The topological polar surface area (TPSA) is 64.0 Å². The van der Waals surface area contributed by atoms with Crippen LogP contribution in [0.1, 0.15) is 61.0 Å². The molecule has 0 N–H and O–H groups in total. The molecule has 7 nitrogen and oxygen atoms in total. The van der Waals surface area contributed by atoms with Crippen LogP contribution in [0.15, 0.2) is 36.5 Å². The molecule has 178 valence electrons. The lowest BCUT2D eigenvalue weighted by atomic mass is 9.93. The Morgan fingerprint density at radius 3 is 2.09 bits per heavy atom. The maximum atomic E-state index is 13.9. The minimum Gasteiger partial charge on any atom is -0.496 e. The van der Waals surface area contributed by atoms with Gasteiger partial charge in [-0.05, 0) is 49.9 Å². The van der Waals surface area contributed by atoms with Gasteiger partial charge in [0.25, 0.3) is 5.91 Å². The highest BCUT2D eigenvalue weighted by Crippen LogP contribution is 2.33. The summed E-state index contributed by atoms with van der Waals surface area (Å²) in [4.78, 5) is 31.3. The summed E-state index contributed by atoms with van der Waals surface area (Å²) < 4.78 is 13.1. The molecule has 7 heteroatoms. The fourth-order valence-electron chi connectivity index (χ4n) is 4.84. The fourth-order valence-corrected chi connectivity index (χ4v) is 4.84. The van der Waals surface area contributed by atoms with Crippen LogP contribution in [0, 0.1) is 0 Å². The van der Waals surface area contributed by atoms with Crippen LogP contribution in [0.25, 0.3) is 0 Å². The molecule has 0 atom stereocenters. The average molecular weight is 454 g/mol. The van der Waals surface area contributed by atoms with Crippen molar-refractivity contribution < 1.29 is 19.1 Å². The highest BCUT2D eigenvalue weighted by atomic mass is 16.5. The zero-order valence-corrected chi connectivity index (χ0v) is 20.0. The molecule has 1 heterocycles. The zero-order valence-electron chi connectivity index (χ0n) is 20.0. The van der Waals surface area contributed by atoms with Gasteiger partial charge >= 0.3 is 0 Å². The summed E-state index contributed by atoms with van der Waals surface area (Å²) in [5.41, 5.74) is 1.48. The Morgan fingerprint density at radius 1 is 0.909 bits per heavy atom. The first-order chi connectivity index (χ1) is 16.0. The maximum Gasteiger partial charge on any atom is 0.262 e. The summed E-state index contributed by atoms with van der Waals surface area (Å²) in [6, 6.07) is 9.69. The van der Waals surface area contributed by atoms with E-state index in [2.05, 4.69) is 0 Å². The van der Waals surface area contributed by atoms with Crippen molar-refractivity contribution in [1.29, 1.82) is 0 Å². The summed E-state index contributed by atoms with van der Waals surface area (Å²) in [7, 11) is 5.10. The molecule has 2 saturated carbocycles. The van der Waals surface area contributed by atoms with Gasteiger partial charge in [-0.15, -0.1) is 0 Å². The number of hydrogen-bond acceptors (Lipinski definition) is 4. The van der Waals surface area contributed by atoms with E-state index in [9.17, 15) is 9.59 Å². The lowest BCUT2D eigenvalue weighted by molar-refractivity contribution is -0.133. The van der Waals surface area contributed by atoms with Gasteiger partial charge in [0.1, 0.15) is 23.6 Å². The van der Waals surface area contributed by atoms with Crippen molar-refractivity contribution in [2.75, 3.05) is 20.8 Å². The summed E-state index contributed by atoms with van der Waals surface area (Å²) >= 11 is 0. The molecule has 0 saturated heterocycles. The lowest BCUT2D eigenvalue weighted by Gasteiger charge is -2.36. The Kier molecular flexibility index (Phi) is 7.26. The van der Waals surface area contributed by atoms with Crippen molar-refractivity contribution in [3.63, 3.8) is 0 Å². The summed E-state index contributed by atoms with van der Waals surface area (Å²) in [5, 5.41) is 0. The van der Waals surface area contributed by atoms with Gasteiger partial charge in [0.05, 0.1) is 20.8 Å². The molecule has 0 bridgehead atoms. The minimum atomic E-state index is -0.195. The Balaban J connectivity index is 1.61. The van der Waals surface area contributed by atoms with Crippen molar-refractivity contribution >= 4 is 11.8 Å². The SMILES string of the molecule is COc1cccc(OC)c1C(=O)N(CC(=O)N(Cc1cccn1C)C1CC1)C1CCCCC1. The molecule has 2 fully saturated rings. The molecule has 0 spiro atoms. The molecule has 2 amide bonds. The van der Waals surface area contributed by atoms with E-state index < -0.39 is 0 Å². The van der Waals surface area contributed by atoms with Crippen LogP contribution in [-0.2, 0) is 18.4 Å². The number of carbonyl (C=O) groups is 2. The molecule has 1 aromatic heterocycles. The molecule has 33 heavy (non-hydrogen) atoms. The van der Waals surface area contributed by atoms with Crippen LogP contribution < -0.4 is 9.47 Å². The second-order valence-corrected chi connectivity index (χ2v) is 9.13. The number of rotatable bonds is 9. The number of nitrogens with zero attached hydrogens (tertiary/aromatic N) is 3. The monoisotopic (exact) mass is 453 g/mol. The van der Waals surface area contributed by atoms with Crippen LogP contribution in [0.2, 0.25) is 0 Å². The van der Waals surface area contributed by atoms with Crippen LogP contribution >= 0.6 is 0 Å². The first-order valence-electron chi connectivity index (χ1n) is 11.9. The number of ether oxygens (including phenoxy) is 2. The van der Waals surface area contributed by atoms with Gasteiger partial charge in [0, 0.05) is 31.0 Å². The molecule has 4 rings (SSSR count). The predicted octanol–water partition coefficient (Wildman–Crippen LogP) is 4.01. The molecule has 0 aliphatic heterocycles. The standard InChI is InChI=1S/C26H35N3O4/c1-27-16-8-11-21(27)17-28(20-14-15-20)24(30)18-29(19-9-5-4-6-10-19)26(31)25-22(32-2)12-7-13-23(25)33-3/h7-8,11-13,16,19-20H,4-6,9-10,14-15,17-18H2,1-3H3. The summed E-state index contributed by atoms with van der Waals surface area (Å²) in [6.45, 7) is 0.642.